The number of nitrogens with one attached hydrogen (secondary N) is 3. The normalized spacial score (nSPS) is 11.1. The average molecular weight is 505 g/mol. The average Bonchev–Trinajstić information content (AvgIpc) is 2.77. The third kappa shape index (κ3) is 10.5. The predicted octanol–water partition coefficient (Wildman–Crippen LogP) is 4.26. The van der Waals surface area contributed by atoms with Crippen LogP contribution < -0.4 is 26.2 Å². The molecule has 0 radical (unpaired) electrons. The van der Waals surface area contributed by atoms with Crippen molar-refractivity contribution in [3.05, 3.63) is 59.8 Å². The van der Waals surface area contributed by atoms with Gasteiger partial charge in [-0.3, -0.25) is 0 Å². The summed E-state index contributed by atoms with van der Waals surface area (Å²) < 4.78 is 10.9. The van der Waals surface area contributed by atoms with E-state index in [2.05, 4.69) is 27.5 Å². The molecule has 2 aromatic rings. The molecule has 6 N–H and O–H groups in total. The predicted molar refractivity (Wildman–Crippen MR) is 135 cm³/mol. The minimum absolute atomic E-state index is 0.230. The zero-order valence-corrected chi connectivity index (χ0v) is 20.7. The molecule has 0 saturated heterocycles. The summed E-state index contributed by atoms with van der Waals surface area (Å²) in [5.74, 6) is 0.411. The SMILES string of the molecule is C=C(C=Nc1ccccc1[NH2+]O)NC(=O)Nc1cc(Cl)ccc1OCCCNC(=O)OC(C)(C)C. The van der Waals surface area contributed by atoms with E-state index in [1.165, 1.54) is 6.21 Å². The van der Waals surface area contributed by atoms with Crippen molar-refractivity contribution in [2.75, 3.05) is 18.5 Å². The van der Waals surface area contributed by atoms with E-state index >= 15 is 0 Å². The Morgan fingerprint density at radius 2 is 1.97 bits per heavy atom. The van der Waals surface area contributed by atoms with Crippen LogP contribution in [0.4, 0.5) is 26.7 Å². The summed E-state index contributed by atoms with van der Waals surface area (Å²) in [5.41, 5.74) is 2.02. The monoisotopic (exact) mass is 504 g/mol. The van der Waals surface area contributed by atoms with Gasteiger partial charge in [0.1, 0.15) is 17.0 Å². The van der Waals surface area contributed by atoms with Crippen molar-refractivity contribution in [1.29, 1.82) is 0 Å². The summed E-state index contributed by atoms with van der Waals surface area (Å²) in [4.78, 5) is 28.3. The first-order valence-corrected chi connectivity index (χ1v) is 11.2. The van der Waals surface area contributed by atoms with E-state index in [1.54, 1.807) is 63.2 Å². The van der Waals surface area contributed by atoms with Gasteiger partial charge in [-0.15, -0.1) is 0 Å². The van der Waals surface area contributed by atoms with E-state index < -0.39 is 17.7 Å². The summed E-state index contributed by atoms with van der Waals surface area (Å²) in [7, 11) is 0. The Morgan fingerprint density at radius 1 is 1.23 bits per heavy atom. The van der Waals surface area contributed by atoms with Crippen molar-refractivity contribution >= 4 is 47.0 Å². The van der Waals surface area contributed by atoms with Crippen LogP contribution in [0.5, 0.6) is 5.75 Å². The van der Waals surface area contributed by atoms with Crippen LogP contribution in [0.25, 0.3) is 0 Å². The van der Waals surface area contributed by atoms with Gasteiger partial charge in [-0.1, -0.05) is 30.3 Å². The van der Waals surface area contributed by atoms with Gasteiger partial charge in [0.15, 0.2) is 5.69 Å². The highest BCUT2D eigenvalue weighted by Gasteiger charge is 2.15. The molecule has 0 aliphatic heterocycles. The molecule has 2 rings (SSSR count). The first kappa shape index (κ1) is 27.6. The first-order chi connectivity index (χ1) is 16.6. The lowest BCUT2D eigenvalue weighted by Gasteiger charge is -2.19. The van der Waals surface area contributed by atoms with Crippen molar-refractivity contribution in [1.82, 2.24) is 10.6 Å². The summed E-state index contributed by atoms with van der Waals surface area (Å²) in [6.07, 6.45) is 1.40. The van der Waals surface area contributed by atoms with Crippen LogP contribution in [0.15, 0.2) is 59.7 Å². The molecular formula is C24H31ClN5O5+. The molecular weight excluding hydrogens is 474 g/mol. The van der Waals surface area contributed by atoms with Gasteiger partial charge in [-0.25, -0.2) is 19.8 Å². The highest BCUT2D eigenvalue weighted by Crippen LogP contribution is 2.28. The van der Waals surface area contributed by atoms with Gasteiger partial charge in [0.05, 0.1) is 24.2 Å². The number of anilines is 1. The molecule has 0 aliphatic rings. The highest BCUT2D eigenvalue weighted by atomic mass is 35.5. The van der Waals surface area contributed by atoms with Crippen LogP contribution in [0.2, 0.25) is 5.02 Å². The Labute approximate surface area is 209 Å². The summed E-state index contributed by atoms with van der Waals surface area (Å²) in [5, 5.41) is 17.6. The van der Waals surface area contributed by atoms with Gasteiger partial charge in [0, 0.05) is 17.6 Å². The molecule has 0 unspecified atom stereocenters. The number of alkyl carbamates (subject to hydrolysis) is 1. The fourth-order valence-electron chi connectivity index (χ4n) is 2.68. The zero-order valence-electron chi connectivity index (χ0n) is 19.9. The van der Waals surface area contributed by atoms with Gasteiger partial charge in [0.2, 0.25) is 0 Å². The van der Waals surface area contributed by atoms with Crippen molar-refractivity contribution < 1.29 is 29.8 Å². The maximum atomic E-state index is 12.4. The van der Waals surface area contributed by atoms with E-state index in [4.69, 9.17) is 21.1 Å². The Balaban J connectivity index is 1.87. The van der Waals surface area contributed by atoms with E-state index in [-0.39, 0.29) is 12.3 Å². The van der Waals surface area contributed by atoms with Crippen molar-refractivity contribution in [2.24, 2.45) is 4.99 Å². The van der Waals surface area contributed by atoms with E-state index in [0.717, 1.165) is 5.48 Å². The van der Waals surface area contributed by atoms with Gasteiger partial charge in [0.25, 0.3) is 0 Å². The molecule has 0 aliphatic carbocycles. The maximum Gasteiger partial charge on any atom is 0.407 e. The Kier molecular flexibility index (Phi) is 10.5. The van der Waals surface area contributed by atoms with Gasteiger partial charge in [-0.05, 0) is 51.5 Å². The molecule has 11 heteroatoms. The lowest BCUT2D eigenvalue weighted by Crippen LogP contribution is -2.73. The number of urea groups is 1. The minimum Gasteiger partial charge on any atom is -0.491 e. The highest BCUT2D eigenvalue weighted by molar-refractivity contribution is 6.31. The molecule has 0 spiro atoms. The smallest absolute Gasteiger partial charge is 0.407 e. The second-order valence-electron chi connectivity index (χ2n) is 8.32. The Bertz CT molecular complexity index is 1070. The van der Waals surface area contributed by atoms with Crippen LogP contribution >= 0.6 is 11.6 Å². The van der Waals surface area contributed by atoms with Crippen LogP contribution in [0, 0.1) is 0 Å². The third-order valence-electron chi connectivity index (χ3n) is 4.15. The number of hydrogen-bond donors (Lipinski definition) is 5. The molecule has 0 heterocycles. The van der Waals surface area contributed by atoms with Gasteiger partial charge < -0.3 is 25.4 Å². The van der Waals surface area contributed by atoms with Crippen LogP contribution in [-0.2, 0) is 4.74 Å². The number of para-hydroxylation sites is 2. The number of hydrogen-bond acceptors (Lipinski definition) is 6. The Hall–Kier alpha value is -3.60. The number of nitrogens with two attached hydrogens (primary N) is 1. The standard InChI is InChI=1S/C24H30ClN5O5/c1-16(15-27-18-8-5-6-9-19(18)30-33)28-22(31)29-20-14-17(25)10-11-21(20)34-13-7-12-26-23(32)35-24(2,3)4/h5-6,8-11,14-15,30,33H,1,7,12-13H2,2-4H3,(H,26,32)(H2,28,29,31)/p+1. The molecule has 0 atom stereocenters. The Morgan fingerprint density at radius 3 is 2.69 bits per heavy atom. The van der Waals surface area contributed by atoms with Crippen molar-refractivity contribution in [3.63, 3.8) is 0 Å². The van der Waals surface area contributed by atoms with Crippen LogP contribution in [0.3, 0.4) is 0 Å². The quantitative estimate of drug-likeness (QED) is 0.142. The number of ether oxygens (including phenoxy) is 2. The number of halogens is 1. The van der Waals surface area contributed by atoms with Crippen molar-refractivity contribution in [2.45, 2.75) is 32.8 Å². The first-order valence-electron chi connectivity index (χ1n) is 10.8. The number of nitrogens with zero attached hydrogens (tertiary/aromatic N) is 1. The molecule has 0 saturated carbocycles. The number of quaternary nitrogens is 1. The zero-order chi connectivity index (χ0) is 25.8. The van der Waals surface area contributed by atoms with Gasteiger partial charge in [-0.2, -0.15) is 5.48 Å². The number of benzene rings is 2. The number of aliphatic imine (C=N–C) groups is 1. The number of amides is 3. The third-order valence-corrected chi connectivity index (χ3v) is 4.38. The number of carbonyl (C=O) groups is 2. The molecule has 0 fully saturated rings. The fraction of sp³-hybridized carbons (Fsp3) is 0.292. The van der Waals surface area contributed by atoms with Crippen LogP contribution in [0.1, 0.15) is 27.2 Å². The minimum atomic E-state index is -0.567. The number of allylic oxidation sites excluding steroid dienone is 1. The second kappa shape index (κ2) is 13.3. The van der Waals surface area contributed by atoms with E-state index in [9.17, 15) is 14.8 Å². The molecule has 188 valence electrons. The summed E-state index contributed by atoms with van der Waals surface area (Å²) >= 11 is 6.07. The second-order valence-corrected chi connectivity index (χ2v) is 8.76. The largest absolute Gasteiger partial charge is 0.491 e. The maximum absolute atomic E-state index is 12.4. The summed E-state index contributed by atoms with van der Waals surface area (Å²) in [6, 6.07) is 11.2. The molecule has 35 heavy (non-hydrogen) atoms. The topological polar surface area (TPSA) is 138 Å². The van der Waals surface area contributed by atoms with E-state index in [0.29, 0.717) is 40.8 Å². The fourth-order valence-corrected chi connectivity index (χ4v) is 2.85. The molecule has 3 amide bonds. The summed E-state index contributed by atoms with van der Waals surface area (Å²) in [6.45, 7) is 9.78. The molecule has 0 aromatic heterocycles. The lowest BCUT2D eigenvalue weighted by atomic mass is 10.2. The molecule has 2 aromatic carbocycles. The number of rotatable bonds is 10. The molecule has 10 nitrogen and oxygen atoms in total. The van der Waals surface area contributed by atoms with Gasteiger partial charge >= 0.3 is 12.1 Å². The van der Waals surface area contributed by atoms with E-state index in [1.807, 2.05) is 0 Å². The number of carbonyl (C=O) groups excluding carboxylic acids is 2. The lowest BCUT2D eigenvalue weighted by molar-refractivity contribution is -0.825. The van der Waals surface area contributed by atoms with Crippen LogP contribution in [-0.4, -0.2) is 42.3 Å². The molecule has 0 bridgehead atoms. The van der Waals surface area contributed by atoms with Crippen molar-refractivity contribution in [3.8, 4) is 5.75 Å².